The smallest absolute Gasteiger partial charge is 0.317 e. The van der Waals surface area contributed by atoms with Crippen molar-refractivity contribution in [2.75, 3.05) is 79.5 Å². The summed E-state index contributed by atoms with van der Waals surface area (Å²) in [5.74, 6) is -1.60. The molecule has 0 aromatic carbocycles. The first kappa shape index (κ1) is 27.0. The molecule has 0 unspecified atom stereocenters. The summed E-state index contributed by atoms with van der Waals surface area (Å²) < 4.78 is 0. The highest BCUT2D eigenvalue weighted by Gasteiger charge is 2.16. The van der Waals surface area contributed by atoms with Gasteiger partial charge in [0.05, 0.1) is 13.1 Å². The van der Waals surface area contributed by atoms with Crippen molar-refractivity contribution in [3.8, 4) is 0 Å². The van der Waals surface area contributed by atoms with Gasteiger partial charge in [-0.05, 0) is 14.1 Å². The summed E-state index contributed by atoms with van der Waals surface area (Å²) in [4.78, 5) is 30.0. The molecule has 0 aromatic rings. The third kappa shape index (κ3) is 15.1. The van der Waals surface area contributed by atoms with Gasteiger partial charge in [-0.3, -0.25) is 19.4 Å². The molecular formula is C18H40N4O4. The highest BCUT2D eigenvalue weighted by atomic mass is 16.4. The SMILES string of the molecule is CC.CC.CN1CCN(CC(=O)O)CCN(C)CCN(CC(=O)O)CC1. The number of hydrogen-bond donors (Lipinski definition) is 2. The molecule has 0 saturated carbocycles. The molecule has 1 fully saturated rings. The summed E-state index contributed by atoms with van der Waals surface area (Å²) in [5, 5.41) is 17.9. The molecule has 0 bridgehead atoms. The fourth-order valence-electron chi connectivity index (χ4n) is 2.39. The predicted octanol–water partition coefficient (Wildman–Crippen LogP) is 0.689. The second kappa shape index (κ2) is 17.2. The van der Waals surface area contributed by atoms with Crippen LogP contribution in [0.5, 0.6) is 0 Å². The topological polar surface area (TPSA) is 87.6 Å². The fourth-order valence-corrected chi connectivity index (χ4v) is 2.39. The van der Waals surface area contributed by atoms with Crippen LogP contribution >= 0.6 is 0 Å². The number of carbonyl (C=O) groups is 2. The quantitative estimate of drug-likeness (QED) is 0.741. The van der Waals surface area contributed by atoms with Crippen molar-refractivity contribution in [3.05, 3.63) is 0 Å². The minimum Gasteiger partial charge on any atom is -0.480 e. The Morgan fingerprint density at radius 2 is 0.846 bits per heavy atom. The molecule has 156 valence electrons. The van der Waals surface area contributed by atoms with Crippen LogP contribution in [0.4, 0.5) is 0 Å². The van der Waals surface area contributed by atoms with Crippen LogP contribution in [0.15, 0.2) is 0 Å². The monoisotopic (exact) mass is 376 g/mol. The van der Waals surface area contributed by atoms with Gasteiger partial charge < -0.3 is 20.0 Å². The number of hydrogen-bond acceptors (Lipinski definition) is 6. The summed E-state index contributed by atoms with van der Waals surface area (Å²) in [6.07, 6.45) is 0. The molecule has 0 amide bonds. The van der Waals surface area contributed by atoms with Crippen molar-refractivity contribution in [3.63, 3.8) is 0 Å². The summed E-state index contributed by atoms with van der Waals surface area (Å²) in [6.45, 7) is 14.0. The van der Waals surface area contributed by atoms with Crippen LogP contribution in [0.2, 0.25) is 0 Å². The van der Waals surface area contributed by atoms with Crippen molar-refractivity contribution in [2.24, 2.45) is 0 Å². The molecule has 1 aliphatic rings. The third-order valence-corrected chi connectivity index (χ3v) is 3.91. The number of carboxylic acids is 2. The summed E-state index contributed by atoms with van der Waals surface area (Å²) in [6, 6.07) is 0. The molecule has 0 aliphatic carbocycles. The standard InChI is InChI=1S/C14H28N4O4.2C2H6/c1-15-3-7-17(11-13(19)20)9-5-16(2)6-10-18(8-4-15)12-14(21)22;2*1-2/h3-12H2,1-2H3,(H,19,20)(H,21,22);2*1-2H3. The van der Waals surface area contributed by atoms with E-state index in [0.717, 1.165) is 26.2 Å². The average molecular weight is 377 g/mol. The Morgan fingerprint density at radius 1 is 0.615 bits per heavy atom. The van der Waals surface area contributed by atoms with E-state index in [1.807, 2.05) is 51.6 Å². The Labute approximate surface area is 159 Å². The van der Waals surface area contributed by atoms with Crippen LogP contribution < -0.4 is 0 Å². The van der Waals surface area contributed by atoms with Crippen molar-refractivity contribution in [1.82, 2.24) is 19.6 Å². The van der Waals surface area contributed by atoms with Crippen LogP contribution in [0.25, 0.3) is 0 Å². The van der Waals surface area contributed by atoms with E-state index in [1.165, 1.54) is 0 Å². The molecular weight excluding hydrogens is 336 g/mol. The molecule has 2 N–H and O–H groups in total. The maximum Gasteiger partial charge on any atom is 0.317 e. The normalized spacial score (nSPS) is 19.0. The Kier molecular flexibility index (Phi) is 17.9. The van der Waals surface area contributed by atoms with Crippen LogP contribution in [-0.4, -0.2) is 121 Å². The van der Waals surface area contributed by atoms with Gasteiger partial charge in [-0.25, -0.2) is 0 Å². The van der Waals surface area contributed by atoms with Crippen molar-refractivity contribution in [2.45, 2.75) is 27.7 Å². The molecule has 0 atom stereocenters. The van der Waals surface area contributed by atoms with Gasteiger partial charge in [0.1, 0.15) is 0 Å². The number of likely N-dealkylation sites (N-methyl/N-ethyl adjacent to an activating group) is 2. The van der Waals surface area contributed by atoms with Gasteiger partial charge >= 0.3 is 11.9 Å². The average Bonchev–Trinajstić information content (AvgIpc) is 2.61. The maximum atomic E-state index is 10.9. The van der Waals surface area contributed by atoms with Gasteiger partial charge in [-0.1, -0.05) is 27.7 Å². The van der Waals surface area contributed by atoms with E-state index < -0.39 is 11.9 Å². The van der Waals surface area contributed by atoms with Crippen LogP contribution in [0.3, 0.4) is 0 Å². The number of nitrogens with zero attached hydrogens (tertiary/aromatic N) is 4. The van der Waals surface area contributed by atoms with Gasteiger partial charge in [-0.15, -0.1) is 0 Å². The van der Waals surface area contributed by atoms with Gasteiger partial charge in [0, 0.05) is 52.4 Å². The predicted molar refractivity (Wildman–Crippen MR) is 106 cm³/mol. The summed E-state index contributed by atoms with van der Waals surface area (Å²) in [5.41, 5.74) is 0. The fraction of sp³-hybridized carbons (Fsp3) is 0.889. The van der Waals surface area contributed by atoms with Crippen LogP contribution in [0, 0.1) is 0 Å². The molecule has 0 radical (unpaired) electrons. The lowest BCUT2D eigenvalue weighted by Gasteiger charge is -2.30. The summed E-state index contributed by atoms with van der Waals surface area (Å²) >= 11 is 0. The van der Waals surface area contributed by atoms with E-state index in [4.69, 9.17) is 10.2 Å². The van der Waals surface area contributed by atoms with E-state index in [-0.39, 0.29) is 13.1 Å². The van der Waals surface area contributed by atoms with Gasteiger partial charge in [0.15, 0.2) is 0 Å². The number of rotatable bonds is 4. The number of aliphatic carboxylic acids is 2. The van der Waals surface area contributed by atoms with Gasteiger partial charge in [-0.2, -0.15) is 0 Å². The molecule has 1 saturated heterocycles. The van der Waals surface area contributed by atoms with E-state index in [9.17, 15) is 9.59 Å². The zero-order valence-electron chi connectivity index (χ0n) is 17.6. The molecule has 1 rings (SSSR count). The van der Waals surface area contributed by atoms with Crippen LogP contribution in [0.1, 0.15) is 27.7 Å². The van der Waals surface area contributed by atoms with E-state index >= 15 is 0 Å². The lowest BCUT2D eigenvalue weighted by molar-refractivity contribution is -0.139. The lowest BCUT2D eigenvalue weighted by Crippen LogP contribution is -2.46. The van der Waals surface area contributed by atoms with E-state index in [2.05, 4.69) is 9.80 Å². The molecule has 1 aliphatic heterocycles. The highest BCUT2D eigenvalue weighted by Crippen LogP contribution is 1.98. The van der Waals surface area contributed by atoms with Crippen LogP contribution in [-0.2, 0) is 9.59 Å². The van der Waals surface area contributed by atoms with E-state index in [0.29, 0.717) is 26.2 Å². The first-order valence-corrected chi connectivity index (χ1v) is 9.62. The van der Waals surface area contributed by atoms with Crippen molar-refractivity contribution < 1.29 is 19.8 Å². The second-order valence-corrected chi connectivity index (χ2v) is 5.95. The minimum absolute atomic E-state index is 0.0623. The molecule has 0 spiro atoms. The Morgan fingerprint density at radius 3 is 1.04 bits per heavy atom. The largest absolute Gasteiger partial charge is 0.480 e. The van der Waals surface area contributed by atoms with Gasteiger partial charge in [0.2, 0.25) is 0 Å². The maximum absolute atomic E-state index is 10.9. The molecule has 26 heavy (non-hydrogen) atoms. The molecule has 1 heterocycles. The number of carboxylic acid groups (broad SMARTS) is 2. The second-order valence-electron chi connectivity index (χ2n) is 5.95. The zero-order chi connectivity index (χ0) is 20.5. The highest BCUT2D eigenvalue weighted by molar-refractivity contribution is 5.69. The third-order valence-electron chi connectivity index (χ3n) is 3.91. The van der Waals surface area contributed by atoms with Crippen molar-refractivity contribution in [1.29, 1.82) is 0 Å². The Bertz CT molecular complexity index is 319. The minimum atomic E-state index is -0.801. The molecule has 8 heteroatoms. The van der Waals surface area contributed by atoms with E-state index in [1.54, 1.807) is 0 Å². The Hall–Kier alpha value is -1.22. The zero-order valence-corrected chi connectivity index (χ0v) is 17.6. The molecule has 8 nitrogen and oxygen atoms in total. The Balaban J connectivity index is 0. The summed E-state index contributed by atoms with van der Waals surface area (Å²) in [7, 11) is 3.96. The van der Waals surface area contributed by atoms with Gasteiger partial charge in [0.25, 0.3) is 0 Å². The lowest BCUT2D eigenvalue weighted by atomic mass is 10.3. The van der Waals surface area contributed by atoms with Crippen molar-refractivity contribution >= 4 is 11.9 Å². The molecule has 0 aromatic heterocycles. The first-order valence-electron chi connectivity index (χ1n) is 9.62. The first-order chi connectivity index (χ1) is 12.4.